The van der Waals surface area contributed by atoms with Crippen LogP contribution in [0.2, 0.25) is 5.15 Å². The molecule has 0 aliphatic rings. The van der Waals surface area contributed by atoms with E-state index in [9.17, 15) is 9.59 Å². The molecule has 0 aliphatic carbocycles. The molecule has 0 spiro atoms. The summed E-state index contributed by atoms with van der Waals surface area (Å²) in [4.78, 5) is 28.3. The summed E-state index contributed by atoms with van der Waals surface area (Å²) >= 11 is 6.57. The predicted octanol–water partition coefficient (Wildman–Crippen LogP) is 3.95. The summed E-state index contributed by atoms with van der Waals surface area (Å²) in [5.41, 5.74) is 10.1. The Hall–Kier alpha value is -4.13. The van der Waals surface area contributed by atoms with E-state index in [-0.39, 0.29) is 24.8 Å². The van der Waals surface area contributed by atoms with E-state index >= 15 is 0 Å². The zero-order valence-electron chi connectivity index (χ0n) is 23.4. The SMILES string of the molecule is CCCCc1nc(Cl)c(COC(=O)[C@H](CCCC(=O)O)NCN)n1Cc1ccc(-c2ccccc2-c2nn[nH]n2)cc1. The molecule has 0 aliphatic heterocycles. The van der Waals surface area contributed by atoms with E-state index in [1.807, 2.05) is 53.1 Å². The molecule has 0 radical (unpaired) electrons. The molecule has 42 heavy (non-hydrogen) atoms. The van der Waals surface area contributed by atoms with E-state index in [0.717, 1.165) is 47.3 Å². The fourth-order valence-corrected chi connectivity index (χ4v) is 4.93. The Morgan fingerprint density at radius 2 is 1.90 bits per heavy atom. The van der Waals surface area contributed by atoms with Crippen molar-refractivity contribution < 1.29 is 19.4 Å². The first-order chi connectivity index (χ1) is 20.4. The number of nitrogens with two attached hydrogens (primary N) is 1. The number of H-pyrrole nitrogens is 1. The molecule has 4 aromatic rings. The standard InChI is InChI=1S/C29H35ClN8O4/c1-2-3-10-25-33-27(30)24(17-42-29(41)23(32-18-31)9-6-11-26(39)40)38(25)16-19-12-14-20(15-13-19)21-7-4-5-8-22(21)28-34-36-37-35-28/h4-5,7-8,12-15,23,32H,2-3,6,9-11,16-18,31H2,1H3,(H,39,40)(H,34,35,36,37)/t23-/m0/s1. The van der Waals surface area contributed by atoms with Crippen LogP contribution >= 0.6 is 11.6 Å². The molecule has 5 N–H and O–H groups in total. The van der Waals surface area contributed by atoms with Crippen molar-refractivity contribution in [1.29, 1.82) is 0 Å². The minimum Gasteiger partial charge on any atom is -0.481 e. The van der Waals surface area contributed by atoms with Crippen LogP contribution in [0.4, 0.5) is 0 Å². The number of imidazole rings is 1. The lowest BCUT2D eigenvalue weighted by Gasteiger charge is -2.17. The smallest absolute Gasteiger partial charge is 0.323 e. The second-order valence-electron chi connectivity index (χ2n) is 9.79. The van der Waals surface area contributed by atoms with Crippen LogP contribution in [0.1, 0.15) is 56.1 Å². The van der Waals surface area contributed by atoms with Crippen molar-refractivity contribution in [3.63, 3.8) is 0 Å². The van der Waals surface area contributed by atoms with Crippen molar-refractivity contribution in [3.8, 4) is 22.5 Å². The van der Waals surface area contributed by atoms with Gasteiger partial charge in [0.05, 0.1) is 5.69 Å². The van der Waals surface area contributed by atoms with E-state index in [2.05, 4.69) is 37.8 Å². The Morgan fingerprint density at radius 1 is 1.14 bits per heavy atom. The molecule has 0 saturated heterocycles. The Bertz CT molecular complexity index is 1460. The topological polar surface area (TPSA) is 174 Å². The van der Waals surface area contributed by atoms with Crippen LogP contribution in [-0.2, 0) is 33.9 Å². The molecule has 0 fully saturated rings. The van der Waals surface area contributed by atoms with Crippen molar-refractivity contribution in [2.24, 2.45) is 5.73 Å². The number of aliphatic carboxylic acids is 1. The molecule has 0 saturated carbocycles. The van der Waals surface area contributed by atoms with Gasteiger partial charge in [0, 0.05) is 31.6 Å². The third-order valence-electron chi connectivity index (χ3n) is 6.86. The van der Waals surface area contributed by atoms with E-state index in [1.165, 1.54) is 0 Å². The van der Waals surface area contributed by atoms with Gasteiger partial charge in [-0.1, -0.05) is 73.5 Å². The third-order valence-corrected chi connectivity index (χ3v) is 7.16. The number of aryl methyl sites for hydroxylation is 1. The van der Waals surface area contributed by atoms with Crippen molar-refractivity contribution in [2.45, 2.75) is 64.6 Å². The maximum Gasteiger partial charge on any atom is 0.323 e. The van der Waals surface area contributed by atoms with Gasteiger partial charge in [0.1, 0.15) is 18.5 Å². The number of halogens is 1. The van der Waals surface area contributed by atoms with E-state index in [4.69, 9.17) is 27.2 Å². The molecule has 2 heterocycles. The summed E-state index contributed by atoms with van der Waals surface area (Å²) in [5.74, 6) is -0.102. The van der Waals surface area contributed by atoms with E-state index < -0.39 is 18.0 Å². The van der Waals surface area contributed by atoms with Crippen molar-refractivity contribution in [3.05, 3.63) is 70.8 Å². The second-order valence-corrected chi connectivity index (χ2v) is 10.1. The number of carbonyl (C=O) groups is 2. The number of carboxylic acids is 1. The number of unbranched alkanes of at least 4 members (excludes halogenated alkanes) is 1. The van der Waals surface area contributed by atoms with Crippen molar-refractivity contribution in [2.75, 3.05) is 6.67 Å². The summed E-state index contributed by atoms with van der Waals surface area (Å²) in [7, 11) is 0. The van der Waals surface area contributed by atoms with Gasteiger partial charge in [-0.05, 0) is 41.2 Å². The van der Waals surface area contributed by atoms with E-state index in [0.29, 0.717) is 30.9 Å². The number of ether oxygens (including phenoxy) is 1. The molecule has 2 aromatic heterocycles. The van der Waals surface area contributed by atoms with Crippen LogP contribution in [-0.4, -0.2) is 59.9 Å². The summed E-state index contributed by atoms with van der Waals surface area (Å²) < 4.78 is 7.64. The number of tetrazole rings is 1. The molecule has 4 rings (SSSR count). The molecule has 0 amide bonds. The van der Waals surface area contributed by atoms with Crippen LogP contribution in [0.15, 0.2) is 48.5 Å². The lowest BCUT2D eigenvalue weighted by molar-refractivity contribution is -0.148. The quantitative estimate of drug-likeness (QED) is 0.110. The summed E-state index contributed by atoms with van der Waals surface area (Å²) in [6.45, 7) is 2.58. The lowest BCUT2D eigenvalue weighted by Crippen LogP contribution is -2.41. The zero-order chi connectivity index (χ0) is 29.9. The van der Waals surface area contributed by atoms with Crippen molar-refractivity contribution in [1.82, 2.24) is 35.5 Å². The lowest BCUT2D eigenvalue weighted by atomic mass is 9.98. The molecule has 222 valence electrons. The molecule has 1 atom stereocenters. The van der Waals surface area contributed by atoms with Gasteiger partial charge in [-0.3, -0.25) is 14.9 Å². The third kappa shape index (κ3) is 7.99. The number of rotatable bonds is 16. The first kappa shape index (κ1) is 30.8. The maximum absolute atomic E-state index is 12.9. The normalized spacial score (nSPS) is 11.9. The maximum atomic E-state index is 12.9. The summed E-state index contributed by atoms with van der Waals surface area (Å²) in [6, 6.07) is 15.3. The first-order valence-electron chi connectivity index (χ1n) is 13.9. The molecular weight excluding hydrogens is 560 g/mol. The average Bonchev–Trinajstić information content (AvgIpc) is 3.63. The molecule has 2 aromatic carbocycles. The fourth-order valence-electron chi connectivity index (χ4n) is 4.68. The largest absolute Gasteiger partial charge is 0.481 e. The molecule has 13 heteroatoms. The van der Waals surface area contributed by atoms with Gasteiger partial charge in [0.15, 0.2) is 5.15 Å². The van der Waals surface area contributed by atoms with Gasteiger partial charge < -0.3 is 20.1 Å². The highest BCUT2D eigenvalue weighted by atomic mass is 35.5. The fraction of sp³-hybridized carbons (Fsp3) is 0.379. The summed E-state index contributed by atoms with van der Waals surface area (Å²) in [5, 5.41) is 26.5. The Labute approximate surface area is 248 Å². The minimum absolute atomic E-state index is 0.0447. The number of hydrogen-bond acceptors (Lipinski definition) is 9. The van der Waals surface area contributed by atoms with Gasteiger partial charge in [-0.2, -0.15) is 5.21 Å². The molecule has 0 unspecified atom stereocenters. The van der Waals surface area contributed by atoms with Crippen LogP contribution in [0.5, 0.6) is 0 Å². The number of benzene rings is 2. The first-order valence-corrected chi connectivity index (χ1v) is 14.3. The number of esters is 1. The van der Waals surface area contributed by atoms with Crippen LogP contribution in [0, 0.1) is 0 Å². The van der Waals surface area contributed by atoms with Gasteiger partial charge in [-0.15, -0.1) is 10.2 Å². The number of hydrogen-bond donors (Lipinski definition) is 4. The highest BCUT2D eigenvalue weighted by Gasteiger charge is 2.22. The highest BCUT2D eigenvalue weighted by Crippen LogP contribution is 2.30. The average molecular weight is 595 g/mol. The second kappa shape index (κ2) is 15.2. The Balaban J connectivity index is 1.53. The Kier molecular flexibility index (Phi) is 11.2. The monoisotopic (exact) mass is 594 g/mol. The number of aromatic nitrogens is 6. The van der Waals surface area contributed by atoms with Crippen LogP contribution in [0.25, 0.3) is 22.5 Å². The Morgan fingerprint density at radius 3 is 2.57 bits per heavy atom. The van der Waals surface area contributed by atoms with Crippen molar-refractivity contribution >= 4 is 23.5 Å². The van der Waals surface area contributed by atoms with Gasteiger partial charge in [0.2, 0.25) is 5.82 Å². The molecule has 12 nitrogen and oxygen atoms in total. The molecule has 0 bridgehead atoms. The number of carboxylic acid groups (broad SMARTS) is 1. The van der Waals surface area contributed by atoms with Crippen LogP contribution in [0.3, 0.4) is 0 Å². The number of nitrogens with zero attached hydrogens (tertiary/aromatic N) is 5. The highest BCUT2D eigenvalue weighted by molar-refractivity contribution is 6.30. The summed E-state index contributed by atoms with van der Waals surface area (Å²) in [6.07, 6.45) is 3.22. The minimum atomic E-state index is -0.922. The van der Waals surface area contributed by atoms with Gasteiger partial charge in [-0.25, -0.2) is 4.98 Å². The zero-order valence-corrected chi connectivity index (χ0v) is 24.2. The van der Waals surface area contributed by atoms with Gasteiger partial charge >= 0.3 is 11.9 Å². The number of nitrogens with one attached hydrogen (secondary N) is 2. The van der Waals surface area contributed by atoms with E-state index in [1.54, 1.807) is 0 Å². The number of carbonyl (C=O) groups excluding carboxylic acids is 1. The van der Waals surface area contributed by atoms with Crippen LogP contribution < -0.4 is 11.1 Å². The number of aromatic amines is 1. The predicted molar refractivity (Wildman–Crippen MR) is 157 cm³/mol. The van der Waals surface area contributed by atoms with Gasteiger partial charge in [0.25, 0.3) is 0 Å². The molecular formula is C29H35ClN8O4.